The van der Waals surface area contributed by atoms with Gasteiger partial charge in [-0.15, -0.1) is 0 Å². The maximum absolute atomic E-state index is 12.4. The summed E-state index contributed by atoms with van der Waals surface area (Å²) in [5, 5.41) is 3.46. The summed E-state index contributed by atoms with van der Waals surface area (Å²) < 4.78 is 37.1. The lowest BCUT2D eigenvalue weighted by atomic mass is 10.1. The Morgan fingerprint density at radius 3 is 2.32 bits per heavy atom. The van der Waals surface area contributed by atoms with E-state index in [0.29, 0.717) is 10.9 Å². The first-order valence-corrected chi connectivity index (χ1v) is 7.00. The van der Waals surface area contributed by atoms with Gasteiger partial charge in [0.05, 0.1) is 12.0 Å². The predicted molar refractivity (Wildman–Crippen MR) is 71.2 cm³/mol. The summed E-state index contributed by atoms with van der Waals surface area (Å²) in [4.78, 5) is 11.7. The fraction of sp³-hybridized carbons (Fsp3) is 0.462. The Morgan fingerprint density at radius 1 is 1.32 bits per heavy atom. The van der Waals surface area contributed by atoms with Crippen molar-refractivity contribution in [3.8, 4) is 0 Å². The summed E-state index contributed by atoms with van der Waals surface area (Å²) in [6, 6.07) is 4.69. The van der Waals surface area contributed by atoms with Crippen molar-refractivity contribution in [2.24, 2.45) is 0 Å². The SMILES string of the molecule is CCC(CBr)NC(=O)Cc1ccc(C(F)(F)F)cc1. The van der Waals surface area contributed by atoms with Gasteiger partial charge in [0, 0.05) is 11.4 Å². The second-order valence-electron chi connectivity index (χ2n) is 4.20. The lowest BCUT2D eigenvalue weighted by Crippen LogP contribution is -2.36. The zero-order valence-electron chi connectivity index (χ0n) is 10.4. The molecule has 6 heteroatoms. The average Bonchev–Trinajstić information content (AvgIpc) is 2.35. The van der Waals surface area contributed by atoms with E-state index in [2.05, 4.69) is 21.2 Å². The molecule has 0 aliphatic heterocycles. The topological polar surface area (TPSA) is 29.1 Å². The molecule has 0 saturated carbocycles. The Morgan fingerprint density at radius 2 is 1.89 bits per heavy atom. The molecule has 0 spiro atoms. The molecule has 106 valence electrons. The smallest absolute Gasteiger partial charge is 0.352 e. The van der Waals surface area contributed by atoms with Gasteiger partial charge in [-0.2, -0.15) is 13.2 Å². The first kappa shape index (κ1) is 16.0. The van der Waals surface area contributed by atoms with Crippen molar-refractivity contribution in [1.29, 1.82) is 0 Å². The third kappa shape index (κ3) is 5.22. The quantitative estimate of drug-likeness (QED) is 0.818. The molecule has 1 unspecified atom stereocenters. The molecule has 0 heterocycles. The van der Waals surface area contributed by atoms with E-state index in [1.54, 1.807) is 0 Å². The number of amides is 1. The lowest BCUT2D eigenvalue weighted by Gasteiger charge is -2.14. The van der Waals surface area contributed by atoms with Crippen molar-refractivity contribution in [2.45, 2.75) is 32.0 Å². The lowest BCUT2D eigenvalue weighted by molar-refractivity contribution is -0.137. The van der Waals surface area contributed by atoms with Crippen molar-refractivity contribution in [3.63, 3.8) is 0 Å². The second-order valence-corrected chi connectivity index (χ2v) is 4.85. The molecule has 19 heavy (non-hydrogen) atoms. The van der Waals surface area contributed by atoms with Crippen molar-refractivity contribution >= 4 is 21.8 Å². The first-order chi connectivity index (χ1) is 8.86. The molecule has 1 atom stereocenters. The average molecular weight is 338 g/mol. The van der Waals surface area contributed by atoms with E-state index in [1.807, 2.05) is 6.92 Å². The van der Waals surface area contributed by atoms with Crippen LogP contribution in [0.5, 0.6) is 0 Å². The molecular weight excluding hydrogens is 323 g/mol. The van der Waals surface area contributed by atoms with Crippen LogP contribution in [0.4, 0.5) is 13.2 Å². The summed E-state index contributed by atoms with van der Waals surface area (Å²) >= 11 is 3.28. The molecule has 1 rings (SSSR count). The Hall–Kier alpha value is -1.04. The van der Waals surface area contributed by atoms with Crippen LogP contribution in [0.1, 0.15) is 24.5 Å². The van der Waals surface area contributed by atoms with Crippen molar-refractivity contribution in [3.05, 3.63) is 35.4 Å². The van der Waals surface area contributed by atoms with Gasteiger partial charge < -0.3 is 5.32 Å². The van der Waals surface area contributed by atoms with Crippen LogP contribution in [0.2, 0.25) is 0 Å². The minimum Gasteiger partial charge on any atom is -0.352 e. The molecule has 1 amide bonds. The summed E-state index contributed by atoms with van der Waals surface area (Å²) in [6.07, 6.45) is -3.46. The highest BCUT2D eigenvalue weighted by Gasteiger charge is 2.29. The number of carbonyl (C=O) groups is 1. The van der Waals surface area contributed by atoms with Crippen molar-refractivity contribution in [1.82, 2.24) is 5.32 Å². The molecular formula is C13H15BrF3NO. The summed E-state index contributed by atoms with van der Waals surface area (Å²) in [5.41, 5.74) is -0.140. The number of nitrogens with one attached hydrogen (secondary N) is 1. The van der Waals surface area contributed by atoms with E-state index in [9.17, 15) is 18.0 Å². The molecule has 0 saturated heterocycles. The van der Waals surface area contributed by atoms with E-state index < -0.39 is 11.7 Å². The number of rotatable bonds is 5. The Kier molecular flexibility index (Phi) is 5.85. The van der Waals surface area contributed by atoms with Gasteiger partial charge in [-0.1, -0.05) is 35.0 Å². The Bertz CT molecular complexity index is 413. The van der Waals surface area contributed by atoms with Crippen LogP contribution in [-0.4, -0.2) is 17.3 Å². The highest BCUT2D eigenvalue weighted by molar-refractivity contribution is 9.09. The van der Waals surface area contributed by atoms with Gasteiger partial charge in [0.1, 0.15) is 0 Å². The molecule has 2 nitrogen and oxygen atoms in total. The summed E-state index contributed by atoms with van der Waals surface area (Å²) in [5.74, 6) is -0.189. The van der Waals surface area contributed by atoms with E-state index >= 15 is 0 Å². The van der Waals surface area contributed by atoms with Gasteiger partial charge in [0.25, 0.3) is 0 Å². The molecule has 1 N–H and O–H groups in total. The fourth-order valence-corrected chi connectivity index (χ4v) is 2.15. The molecule has 1 aromatic rings. The third-order valence-electron chi connectivity index (χ3n) is 2.69. The van der Waals surface area contributed by atoms with E-state index in [0.717, 1.165) is 18.6 Å². The van der Waals surface area contributed by atoms with Gasteiger partial charge in [0.2, 0.25) is 5.91 Å². The Balaban J connectivity index is 2.61. The predicted octanol–water partition coefficient (Wildman–Crippen LogP) is 3.54. The van der Waals surface area contributed by atoms with Crippen LogP contribution in [0.3, 0.4) is 0 Å². The molecule has 0 bridgehead atoms. The summed E-state index contributed by atoms with van der Waals surface area (Å²) in [7, 11) is 0. The van der Waals surface area contributed by atoms with Crippen LogP contribution in [0, 0.1) is 0 Å². The Labute approximate surface area is 118 Å². The van der Waals surface area contributed by atoms with Crippen molar-refractivity contribution < 1.29 is 18.0 Å². The standard InChI is InChI=1S/C13H15BrF3NO/c1-2-11(8-14)18-12(19)7-9-3-5-10(6-4-9)13(15,16)17/h3-6,11H,2,7-8H2,1H3,(H,18,19). The maximum Gasteiger partial charge on any atom is 0.416 e. The van der Waals surface area contributed by atoms with Crippen LogP contribution in [0.15, 0.2) is 24.3 Å². The summed E-state index contributed by atoms with van der Waals surface area (Å²) in [6.45, 7) is 1.95. The third-order valence-corrected chi connectivity index (χ3v) is 3.47. The fourth-order valence-electron chi connectivity index (χ4n) is 1.53. The molecule has 0 aliphatic rings. The van der Waals surface area contributed by atoms with Crippen LogP contribution in [-0.2, 0) is 17.4 Å². The molecule has 0 aromatic heterocycles. The van der Waals surface area contributed by atoms with Gasteiger partial charge in [-0.25, -0.2) is 0 Å². The zero-order valence-corrected chi connectivity index (χ0v) is 12.0. The molecule has 0 aliphatic carbocycles. The van der Waals surface area contributed by atoms with E-state index in [4.69, 9.17) is 0 Å². The number of benzene rings is 1. The monoisotopic (exact) mass is 337 g/mol. The minimum absolute atomic E-state index is 0.0435. The first-order valence-electron chi connectivity index (χ1n) is 5.88. The number of hydrogen-bond acceptors (Lipinski definition) is 1. The number of hydrogen-bond donors (Lipinski definition) is 1. The number of halogens is 4. The molecule has 1 aromatic carbocycles. The molecule has 0 radical (unpaired) electrons. The number of carbonyl (C=O) groups excluding carboxylic acids is 1. The van der Waals surface area contributed by atoms with E-state index in [-0.39, 0.29) is 18.4 Å². The van der Waals surface area contributed by atoms with Crippen LogP contribution < -0.4 is 5.32 Å². The van der Waals surface area contributed by atoms with Crippen molar-refractivity contribution in [2.75, 3.05) is 5.33 Å². The second kappa shape index (κ2) is 6.93. The normalized spacial score (nSPS) is 13.1. The van der Waals surface area contributed by atoms with Gasteiger partial charge >= 0.3 is 6.18 Å². The van der Waals surface area contributed by atoms with E-state index in [1.165, 1.54) is 12.1 Å². The van der Waals surface area contributed by atoms with Gasteiger partial charge in [-0.05, 0) is 24.1 Å². The van der Waals surface area contributed by atoms with Gasteiger partial charge in [-0.3, -0.25) is 4.79 Å². The largest absolute Gasteiger partial charge is 0.416 e. The van der Waals surface area contributed by atoms with Crippen LogP contribution >= 0.6 is 15.9 Å². The zero-order chi connectivity index (χ0) is 14.5. The number of alkyl halides is 4. The van der Waals surface area contributed by atoms with Gasteiger partial charge in [0.15, 0.2) is 0 Å². The highest BCUT2D eigenvalue weighted by atomic mass is 79.9. The minimum atomic E-state index is -4.34. The molecule has 0 fully saturated rings. The highest BCUT2D eigenvalue weighted by Crippen LogP contribution is 2.29. The van der Waals surface area contributed by atoms with Crippen LogP contribution in [0.25, 0.3) is 0 Å². The maximum atomic E-state index is 12.4.